The maximum atomic E-state index is 13.7. The fourth-order valence-corrected chi connectivity index (χ4v) is 6.89. The van der Waals surface area contributed by atoms with Crippen LogP contribution in [0.4, 0.5) is 0 Å². The minimum atomic E-state index is -4.49. The topological polar surface area (TPSA) is 114 Å². The zero-order chi connectivity index (χ0) is 27.9. The van der Waals surface area contributed by atoms with Crippen molar-refractivity contribution >= 4 is 31.1 Å². The summed E-state index contributed by atoms with van der Waals surface area (Å²) < 4.78 is 66.8. The molecule has 0 N–H and O–H groups in total. The average Bonchev–Trinajstić information content (AvgIpc) is 3.22. The molecule has 0 aliphatic heterocycles. The fourth-order valence-electron chi connectivity index (χ4n) is 4.07. The van der Waals surface area contributed by atoms with E-state index in [0.29, 0.717) is 19.4 Å². The normalized spacial score (nSPS) is 12.0. The molecule has 1 heterocycles. The second kappa shape index (κ2) is 9.75. The van der Waals surface area contributed by atoms with E-state index in [0.717, 1.165) is 11.1 Å². The van der Waals surface area contributed by atoms with Crippen LogP contribution in [0.3, 0.4) is 0 Å². The van der Waals surface area contributed by atoms with E-state index in [1.165, 1.54) is 49.6 Å². The third kappa shape index (κ3) is 4.70. The molecule has 200 valence electrons. The number of rotatable bonds is 7. The molecule has 9 nitrogen and oxygen atoms in total. The Hall–Kier alpha value is -4.35. The molecule has 0 atom stereocenters. The van der Waals surface area contributed by atoms with Crippen molar-refractivity contribution in [2.24, 2.45) is 0 Å². The Morgan fingerprint density at radius 2 is 1.00 bits per heavy atom. The third-order valence-corrected chi connectivity index (χ3v) is 9.55. The van der Waals surface area contributed by atoms with E-state index in [1.807, 2.05) is 0 Å². The van der Waals surface area contributed by atoms with Crippen LogP contribution in [0, 0.1) is 13.8 Å². The Labute approximate surface area is 225 Å². The van der Waals surface area contributed by atoms with Crippen molar-refractivity contribution in [3.8, 4) is 17.2 Å². The summed E-state index contributed by atoms with van der Waals surface area (Å²) in [6, 6.07) is 22.7. The second-order valence-electron chi connectivity index (χ2n) is 8.88. The highest BCUT2D eigenvalue weighted by Gasteiger charge is 2.31. The SMILES string of the molecule is COc1ccc(Oc2ccc3c(c2)n(S(=O)(=O)c2ccc(C)cc2)c(=O)n3S(=O)(=O)c2ccc(C)cc2)cc1. The Morgan fingerprint density at radius 3 is 1.49 bits per heavy atom. The number of imidazole rings is 1. The number of hydrogen-bond acceptors (Lipinski definition) is 7. The molecular weight excluding hydrogens is 540 g/mol. The molecule has 4 aromatic carbocycles. The number of aromatic nitrogens is 2. The van der Waals surface area contributed by atoms with E-state index in [2.05, 4.69) is 0 Å². The maximum Gasteiger partial charge on any atom is 0.357 e. The first kappa shape index (κ1) is 26.3. The number of fused-ring (bicyclic) bond motifs is 1. The van der Waals surface area contributed by atoms with Crippen LogP contribution in [0.1, 0.15) is 11.1 Å². The van der Waals surface area contributed by atoms with E-state index < -0.39 is 25.7 Å². The first-order chi connectivity index (χ1) is 18.5. The molecule has 0 amide bonds. The van der Waals surface area contributed by atoms with Crippen LogP contribution < -0.4 is 15.2 Å². The molecule has 39 heavy (non-hydrogen) atoms. The lowest BCUT2D eigenvalue weighted by atomic mass is 10.2. The van der Waals surface area contributed by atoms with Crippen LogP contribution >= 0.6 is 0 Å². The van der Waals surface area contributed by atoms with E-state index in [-0.39, 0.29) is 26.6 Å². The molecule has 1 aromatic heterocycles. The highest BCUT2D eigenvalue weighted by Crippen LogP contribution is 2.30. The molecule has 0 radical (unpaired) electrons. The van der Waals surface area contributed by atoms with E-state index >= 15 is 0 Å². The number of methoxy groups -OCH3 is 1. The molecule has 0 spiro atoms. The summed E-state index contributed by atoms with van der Waals surface area (Å²) in [7, 11) is -7.42. The monoisotopic (exact) mass is 564 g/mol. The molecule has 0 unspecified atom stereocenters. The number of nitrogens with zero attached hydrogens (tertiary/aromatic N) is 2. The van der Waals surface area contributed by atoms with Gasteiger partial charge in [0.05, 0.1) is 27.9 Å². The van der Waals surface area contributed by atoms with Gasteiger partial charge < -0.3 is 9.47 Å². The van der Waals surface area contributed by atoms with Gasteiger partial charge in [0.15, 0.2) is 0 Å². The first-order valence-electron chi connectivity index (χ1n) is 11.8. The Balaban J connectivity index is 1.75. The highest BCUT2D eigenvalue weighted by molar-refractivity contribution is 7.91. The van der Waals surface area contributed by atoms with Gasteiger partial charge in [0.2, 0.25) is 0 Å². The van der Waals surface area contributed by atoms with Crippen molar-refractivity contribution in [2.75, 3.05) is 7.11 Å². The van der Waals surface area contributed by atoms with Crippen molar-refractivity contribution in [2.45, 2.75) is 23.6 Å². The first-order valence-corrected chi connectivity index (χ1v) is 14.6. The van der Waals surface area contributed by atoms with Crippen molar-refractivity contribution < 1.29 is 26.3 Å². The Bertz CT molecular complexity index is 1960. The van der Waals surface area contributed by atoms with Gasteiger partial charge in [0.1, 0.15) is 17.2 Å². The predicted molar refractivity (Wildman–Crippen MR) is 147 cm³/mol. The summed E-state index contributed by atoms with van der Waals surface area (Å²) in [5.41, 5.74) is 0.139. The van der Waals surface area contributed by atoms with E-state index in [1.54, 1.807) is 62.4 Å². The number of aryl methyl sites for hydroxylation is 2. The smallest absolute Gasteiger partial charge is 0.357 e. The van der Waals surface area contributed by atoms with Gasteiger partial charge in [-0.1, -0.05) is 35.4 Å². The van der Waals surface area contributed by atoms with Crippen molar-refractivity contribution in [3.63, 3.8) is 0 Å². The van der Waals surface area contributed by atoms with Gasteiger partial charge in [-0.05, 0) is 74.5 Å². The summed E-state index contributed by atoms with van der Waals surface area (Å²) in [5.74, 6) is 1.25. The Kier molecular flexibility index (Phi) is 6.57. The molecule has 11 heteroatoms. The van der Waals surface area contributed by atoms with Crippen LogP contribution in [0.25, 0.3) is 11.0 Å². The van der Waals surface area contributed by atoms with Crippen LogP contribution in [-0.2, 0) is 20.0 Å². The molecular formula is C28H24N2O7S2. The van der Waals surface area contributed by atoms with Gasteiger partial charge in [0, 0.05) is 6.07 Å². The molecule has 0 saturated heterocycles. The van der Waals surface area contributed by atoms with Crippen molar-refractivity contribution in [1.29, 1.82) is 0 Å². The largest absolute Gasteiger partial charge is 0.497 e. The van der Waals surface area contributed by atoms with Crippen LogP contribution in [0.15, 0.2) is 106 Å². The summed E-state index contributed by atoms with van der Waals surface area (Å²) in [4.78, 5) is 13.4. The minimum Gasteiger partial charge on any atom is -0.497 e. The minimum absolute atomic E-state index is 0.113. The fraction of sp³-hybridized carbons (Fsp3) is 0.107. The average molecular weight is 565 g/mol. The van der Waals surface area contributed by atoms with E-state index in [4.69, 9.17) is 9.47 Å². The summed E-state index contributed by atoms with van der Waals surface area (Å²) in [5, 5.41) is 0. The van der Waals surface area contributed by atoms with Gasteiger partial charge in [-0.25, -0.2) is 21.6 Å². The molecule has 0 aliphatic carbocycles. The molecule has 0 bridgehead atoms. The zero-order valence-corrected chi connectivity index (χ0v) is 22.9. The van der Waals surface area contributed by atoms with E-state index in [9.17, 15) is 21.6 Å². The van der Waals surface area contributed by atoms with Crippen LogP contribution in [0.2, 0.25) is 0 Å². The molecule has 0 aliphatic rings. The standard InChI is InChI=1S/C28H24N2O7S2/c1-19-4-13-24(14-5-19)38(32,33)29-26-17-12-23(37-22-10-8-21(36-3)9-11-22)18-27(26)30(28(29)31)39(34,35)25-15-6-20(2)7-16-25/h4-18H,1-3H3. The summed E-state index contributed by atoms with van der Waals surface area (Å²) >= 11 is 0. The summed E-state index contributed by atoms with van der Waals surface area (Å²) in [6.45, 7) is 3.60. The molecule has 5 rings (SSSR count). The van der Waals surface area contributed by atoms with Gasteiger partial charge >= 0.3 is 5.69 Å². The molecule has 0 fully saturated rings. The lowest BCUT2D eigenvalue weighted by Crippen LogP contribution is -2.33. The van der Waals surface area contributed by atoms with Gasteiger partial charge in [0.25, 0.3) is 20.0 Å². The van der Waals surface area contributed by atoms with Gasteiger partial charge in [-0.15, -0.1) is 0 Å². The lowest BCUT2D eigenvalue weighted by Gasteiger charge is -2.09. The number of ether oxygens (including phenoxy) is 2. The highest BCUT2D eigenvalue weighted by atomic mass is 32.2. The van der Waals surface area contributed by atoms with Crippen molar-refractivity contribution in [3.05, 3.63) is 113 Å². The number of hydrogen-bond donors (Lipinski definition) is 0. The lowest BCUT2D eigenvalue weighted by molar-refractivity contribution is 0.413. The second-order valence-corrected chi connectivity index (χ2v) is 12.4. The van der Waals surface area contributed by atoms with Crippen LogP contribution in [-0.4, -0.2) is 31.9 Å². The Morgan fingerprint density at radius 1 is 0.564 bits per heavy atom. The quantitative estimate of drug-likeness (QED) is 0.282. The third-order valence-electron chi connectivity index (χ3n) is 6.15. The molecule has 5 aromatic rings. The molecule has 0 saturated carbocycles. The maximum absolute atomic E-state index is 13.7. The predicted octanol–water partition coefficient (Wildman–Crippen LogP) is 4.69. The van der Waals surface area contributed by atoms with Crippen LogP contribution in [0.5, 0.6) is 17.2 Å². The van der Waals surface area contributed by atoms with Crippen molar-refractivity contribution in [1.82, 2.24) is 7.94 Å². The zero-order valence-electron chi connectivity index (χ0n) is 21.2. The summed E-state index contributed by atoms with van der Waals surface area (Å²) in [6.07, 6.45) is 0. The number of benzene rings is 4. The van der Waals surface area contributed by atoms with Gasteiger partial charge in [-0.2, -0.15) is 7.94 Å². The van der Waals surface area contributed by atoms with Gasteiger partial charge in [-0.3, -0.25) is 0 Å².